The van der Waals surface area contributed by atoms with Crippen LogP contribution in [0.15, 0.2) is 24.3 Å². The molecule has 0 bridgehead atoms. The molecule has 0 aromatic heterocycles. The first-order valence-electron chi connectivity index (χ1n) is 5.18. The molecular formula is C13H16O. The van der Waals surface area contributed by atoms with Crippen molar-refractivity contribution in [2.75, 3.05) is 0 Å². The maximum absolute atomic E-state index is 12.0. The Hall–Kier alpha value is -1.11. The number of rotatable bonds is 1. The van der Waals surface area contributed by atoms with Gasteiger partial charge in [0.25, 0.3) is 0 Å². The van der Waals surface area contributed by atoms with Gasteiger partial charge >= 0.3 is 0 Å². The van der Waals surface area contributed by atoms with Crippen LogP contribution in [0, 0.1) is 5.92 Å². The molecule has 1 aliphatic carbocycles. The summed E-state index contributed by atoms with van der Waals surface area (Å²) in [6.07, 6.45) is 0.616. The average Bonchev–Trinajstić information content (AvgIpc) is 2.41. The highest BCUT2D eigenvalue weighted by Crippen LogP contribution is 2.41. The Kier molecular flexibility index (Phi) is 1.99. The lowest BCUT2D eigenvalue weighted by Gasteiger charge is -2.28. The summed E-state index contributed by atoms with van der Waals surface area (Å²) >= 11 is 0. The molecule has 14 heavy (non-hydrogen) atoms. The molecule has 0 saturated heterocycles. The second-order valence-electron chi connectivity index (χ2n) is 4.61. The Balaban J connectivity index is 2.60. The molecule has 0 spiro atoms. The Morgan fingerprint density at radius 1 is 1.29 bits per heavy atom. The molecule has 1 atom stereocenters. The van der Waals surface area contributed by atoms with Gasteiger partial charge in [-0.2, -0.15) is 0 Å². The van der Waals surface area contributed by atoms with Crippen LogP contribution < -0.4 is 0 Å². The lowest BCUT2D eigenvalue weighted by atomic mass is 9.74. The molecule has 0 heterocycles. The van der Waals surface area contributed by atoms with E-state index in [1.807, 2.05) is 12.1 Å². The second kappa shape index (κ2) is 2.94. The van der Waals surface area contributed by atoms with Gasteiger partial charge in [0.2, 0.25) is 0 Å². The van der Waals surface area contributed by atoms with Crippen molar-refractivity contribution in [3.63, 3.8) is 0 Å². The maximum atomic E-state index is 12.0. The van der Waals surface area contributed by atoms with Crippen LogP contribution in [-0.4, -0.2) is 5.78 Å². The Bertz CT molecular complexity index is 379. The van der Waals surface area contributed by atoms with Crippen molar-refractivity contribution in [2.45, 2.75) is 32.6 Å². The number of hydrogen-bond donors (Lipinski definition) is 0. The molecule has 1 nitrogen and oxygen atoms in total. The number of benzene rings is 1. The van der Waals surface area contributed by atoms with E-state index in [1.165, 1.54) is 11.1 Å². The van der Waals surface area contributed by atoms with Gasteiger partial charge in [-0.15, -0.1) is 0 Å². The first-order chi connectivity index (χ1) is 6.56. The fourth-order valence-corrected chi connectivity index (χ4v) is 2.32. The van der Waals surface area contributed by atoms with Gasteiger partial charge in [0.1, 0.15) is 5.78 Å². The first kappa shape index (κ1) is 9.45. The van der Waals surface area contributed by atoms with E-state index in [1.54, 1.807) is 0 Å². The number of hydrogen-bond acceptors (Lipinski definition) is 1. The van der Waals surface area contributed by atoms with Gasteiger partial charge in [0.05, 0.1) is 5.41 Å². The zero-order valence-electron chi connectivity index (χ0n) is 9.00. The van der Waals surface area contributed by atoms with Crippen LogP contribution in [0.2, 0.25) is 0 Å². The largest absolute Gasteiger partial charge is 0.298 e. The minimum atomic E-state index is -0.253. The SMILES string of the molecule is CC(C)C1(C)C(=O)Cc2ccccc21. The predicted octanol–water partition coefficient (Wildman–Crippen LogP) is 2.73. The second-order valence-corrected chi connectivity index (χ2v) is 4.61. The van der Waals surface area contributed by atoms with Gasteiger partial charge in [0, 0.05) is 6.42 Å². The van der Waals surface area contributed by atoms with E-state index in [9.17, 15) is 4.79 Å². The molecule has 1 unspecified atom stereocenters. The highest BCUT2D eigenvalue weighted by Gasteiger charge is 2.43. The minimum absolute atomic E-state index is 0.253. The first-order valence-corrected chi connectivity index (χ1v) is 5.18. The van der Waals surface area contributed by atoms with Crippen molar-refractivity contribution >= 4 is 5.78 Å². The molecule has 74 valence electrons. The third-order valence-electron chi connectivity index (χ3n) is 3.66. The van der Waals surface area contributed by atoms with E-state index in [0.29, 0.717) is 18.1 Å². The summed E-state index contributed by atoms with van der Waals surface area (Å²) in [5.74, 6) is 0.743. The van der Waals surface area contributed by atoms with E-state index in [2.05, 4.69) is 32.9 Å². The van der Waals surface area contributed by atoms with Gasteiger partial charge in [0.15, 0.2) is 0 Å². The van der Waals surface area contributed by atoms with E-state index >= 15 is 0 Å². The topological polar surface area (TPSA) is 17.1 Å². The zero-order valence-corrected chi connectivity index (χ0v) is 9.00. The molecule has 0 radical (unpaired) electrons. The average molecular weight is 188 g/mol. The van der Waals surface area contributed by atoms with Crippen molar-refractivity contribution < 1.29 is 4.79 Å². The number of carbonyl (C=O) groups excluding carboxylic acids is 1. The minimum Gasteiger partial charge on any atom is -0.298 e. The van der Waals surface area contributed by atoms with Crippen LogP contribution >= 0.6 is 0 Å². The van der Waals surface area contributed by atoms with Crippen molar-refractivity contribution in [1.82, 2.24) is 0 Å². The molecule has 0 N–H and O–H groups in total. The van der Waals surface area contributed by atoms with E-state index < -0.39 is 0 Å². The van der Waals surface area contributed by atoms with Gasteiger partial charge in [-0.05, 0) is 24.0 Å². The molecule has 0 fully saturated rings. The van der Waals surface area contributed by atoms with Gasteiger partial charge in [-0.1, -0.05) is 38.1 Å². The summed E-state index contributed by atoms with van der Waals surface area (Å²) in [5, 5.41) is 0. The van der Waals surface area contributed by atoms with Crippen LogP contribution in [0.25, 0.3) is 0 Å². The third kappa shape index (κ3) is 1.05. The van der Waals surface area contributed by atoms with Gasteiger partial charge in [-0.3, -0.25) is 4.79 Å². The summed E-state index contributed by atoms with van der Waals surface area (Å²) in [4.78, 5) is 12.0. The van der Waals surface area contributed by atoms with Crippen molar-refractivity contribution in [3.8, 4) is 0 Å². The van der Waals surface area contributed by atoms with Crippen molar-refractivity contribution in [1.29, 1.82) is 0 Å². The quantitative estimate of drug-likeness (QED) is 0.662. The lowest BCUT2D eigenvalue weighted by Crippen LogP contribution is -2.34. The number of ketones is 1. The molecule has 1 aromatic carbocycles. The summed E-state index contributed by atoms with van der Waals surface area (Å²) in [5.41, 5.74) is 2.20. The number of carbonyl (C=O) groups is 1. The normalized spacial score (nSPS) is 25.6. The molecule has 1 aliphatic rings. The Labute approximate surface area is 85.1 Å². The fraction of sp³-hybridized carbons (Fsp3) is 0.462. The van der Waals surface area contributed by atoms with Crippen LogP contribution in [-0.2, 0) is 16.6 Å². The monoisotopic (exact) mass is 188 g/mol. The summed E-state index contributed by atoms with van der Waals surface area (Å²) in [7, 11) is 0. The molecular weight excluding hydrogens is 172 g/mol. The lowest BCUT2D eigenvalue weighted by molar-refractivity contribution is -0.123. The number of fused-ring (bicyclic) bond motifs is 1. The third-order valence-corrected chi connectivity index (χ3v) is 3.66. The van der Waals surface area contributed by atoms with Crippen molar-refractivity contribution in [2.24, 2.45) is 5.92 Å². The van der Waals surface area contributed by atoms with Crippen LogP contribution in [0.3, 0.4) is 0 Å². The Morgan fingerprint density at radius 3 is 2.57 bits per heavy atom. The van der Waals surface area contributed by atoms with Crippen molar-refractivity contribution in [3.05, 3.63) is 35.4 Å². The Morgan fingerprint density at radius 2 is 1.93 bits per heavy atom. The molecule has 2 rings (SSSR count). The van der Waals surface area contributed by atoms with Crippen LogP contribution in [0.4, 0.5) is 0 Å². The molecule has 0 aliphatic heterocycles. The maximum Gasteiger partial charge on any atom is 0.147 e. The molecule has 0 amide bonds. The highest BCUT2D eigenvalue weighted by atomic mass is 16.1. The predicted molar refractivity (Wildman–Crippen MR) is 57.3 cm³/mol. The summed E-state index contributed by atoms with van der Waals surface area (Å²) < 4.78 is 0. The molecule has 0 saturated carbocycles. The van der Waals surface area contributed by atoms with Gasteiger partial charge in [-0.25, -0.2) is 0 Å². The standard InChI is InChI=1S/C13H16O/c1-9(2)13(3)11-7-5-4-6-10(11)8-12(13)14/h4-7,9H,8H2,1-3H3. The van der Waals surface area contributed by atoms with E-state index in [-0.39, 0.29) is 5.41 Å². The summed E-state index contributed by atoms with van der Waals surface area (Å²) in [6, 6.07) is 8.21. The number of Topliss-reactive ketones (excluding diaryl/α,β-unsaturated/α-hetero) is 1. The van der Waals surface area contributed by atoms with E-state index in [4.69, 9.17) is 0 Å². The smallest absolute Gasteiger partial charge is 0.147 e. The molecule has 1 heteroatoms. The van der Waals surface area contributed by atoms with Crippen LogP contribution in [0.1, 0.15) is 31.9 Å². The highest BCUT2D eigenvalue weighted by molar-refractivity contribution is 5.96. The van der Waals surface area contributed by atoms with E-state index in [0.717, 1.165) is 0 Å². The zero-order chi connectivity index (χ0) is 10.3. The molecule has 1 aromatic rings. The summed E-state index contributed by atoms with van der Waals surface area (Å²) in [6.45, 7) is 6.33. The fourth-order valence-electron chi connectivity index (χ4n) is 2.32. The van der Waals surface area contributed by atoms with Crippen LogP contribution in [0.5, 0.6) is 0 Å². The van der Waals surface area contributed by atoms with Gasteiger partial charge < -0.3 is 0 Å².